The molecule has 3 aliphatic heterocycles. The van der Waals surface area contributed by atoms with Crippen molar-refractivity contribution in [2.24, 2.45) is 4.99 Å². The highest BCUT2D eigenvalue weighted by molar-refractivity contribution is 6.01. The van der Waals surface area contributed by atoms with E-state index in [1.165, 1.54) is 28.4 Å². The number of aromatic nitrogens is 2. The Labute approximate surface area is 363 Å². The van der Waals surface area contributed by atoms with Gasteiger partial charge in [-0.15, -0.1) is 0 Å². The fourth-order valence-electron chi connectivity index (χ4n) is 8.90. The van der Waals surface area contributed by atoms with E-state index in [0.29, 0.717) is 59.4 Å². The molecule has 17 nitrogen and oxygen atoms in total. The van der Waals surface area contributed by atoms with E-state index in [-0.39, 0.29) is 29.3 Å². The number of carbonyl (C=O) groups excluding carboxylic acids is 4. The lowest BCUT2D eigenvalue weighted by Crippen LogP contribution is -2.56. The SMILES string of the molecule is COC(=O)N[C@H](C(=O)N1CCC[C@H]1C1=Nc2ccc(-c3ccc4c(=O)c5cc(-c6cnc([C@@H]7CCCN7C(=O)[C@@H](NC(=O)OC)[C@@H](C)OC)[nH]6)ccc5oc4c3)cc2C1)[C@@H](C)OC. The molecule has 2 fully saturated rings. The molecule has 0 aliphatic carbocycles. The first kappa shape index (κ1) is 43.1. The highest BCUT2D eigenvalue weighted by atomic mass is 16.5. The van der Waals surface area contributed by atoms with Gasteiger partial charge in [0.2, 0.25) is 17.2 Å². The quantitative estimate of drug-likeness (QED) is 0.128. The predicted octanol–water partition coefficient (Wildman–Crippen LogP) is 5.81. The highest BCUT2D eigenvalue weighted by Gasteiger charge is 2.41. The number of carbonyl (C=O) groups is 4. The number of alkyl carbamates (subject to hydrolysis) is 2. The van der Waals surface area contributed by atoms with E-state index in [2.05, 4.69) is 26.7 Å². The lowest BCUT2D eigenvalue weighted by molar-refractivity contribution is -0.138. The van der Waals surface area contributed by atoms with Gasteiger partial charge in [0, 0.05) is 45.0 Å². The van der Waals surface area contributed by atoms with Crippen molar-refractivity contribution in [1.29, 1.82) is 0 Å². The third-order valence-corrected chi connectivity index (χ3v) is 12.5. The molecule has 2 aromatic heterocycles. The molecule has 3 aromatic carbocycles. The van der Waals surface area contributed by atoms with Crippen LogP contribution in [0.5, 0.6) is 0 Å². The molecule has 0 unspecified atom stereocenters. The largest absolute Gasteiger partial charge is 0.456 e. The summed E-state index contributed by atoms with van der Waals surface area (Å²) in [5.41, 5.74) is 6.68. The fourth-order valence-corrected chi connectivity index (χ4v) is 8.90. The van der Waals surface area contributed by atoms with Gasteiger partial charge in [-0.1, -0.05) is 12.1 Å². The Bertz CT molecular complexity index is 2670. The Morgan fingerprint density at radius 2 is 1.35 bits per heavy atom. The normalized spacial score (nSPS) is 19.0. The standard InChI is InChI=1S/C46H51N7O10/c1-24(59-3)39(50-45(57)61-5)43(55)52-17-7-9-35(52)33-21-29-19-26(12-15-32(29)48-33)27-11-14-30-38(22-27)63-37-16-13-28(20-31(37)41(30)54)34-23-47-42(49-34)36-10-8-18-53(36)44(56)40(25(2)60-4)51-46(58)62-6/h11-16,19-20,22-25,35-36,39-40H,7-10,17-18,21H2,1-6H3,(H,47,49)(H,50,57)(H,51,58)/t24-,25-,35+,36+,39+,40+/m1/s1. The molecule has 4 amide bonds. The van der Waals surface area contributed by atoms with Gasteiger partial charge < -0.3 is 48.8 Å². The smallest absolute Gasteiger partial charge is 0.407 e. The summed E-state index contributed by atoms with van der Waals surface area (Å²) in [7, 11) is 5.47. The van der Waals surface area contributed by atoms with E-state index < -0.39 is 36.5 Å². The van der Waals surface area contributed by atoms with Crippen molar-refractivity contribution < 1.29 is 42.5 Å². The van der Waals surface area contributed by atoms with E-state index in [1.54, 1.807) is 48.0 Å². The number of nitrogens with one attached hydrogen (secondary N) is 3. The third kappa shape index (κ3) is 8.37. The van der Waals surface area contributed by atoms with Crippen LogP contribution in [0, 0.1) is 0 Å². The van der Waals surface area contributed by atoms with E-state index in [9.17, 15) is 24.0 Å². The summed E-state index contributed by atoms with van der Waals surface area (Å²) in [5.74, 6) is 0.0550. The van der Waals surface area contributed by atoms with Gasteiger partial charge in [-0.25, -0.2) is 14.6 Å². The van der Waals surface area contributed by atoms with Crippen molar-refractivity contribution in [3.05, 3.63) is 82.4 Å². The first-order valence-electron chi connectivity index (χ1n) is 21.0. The Morgan fingerprint density at radius 1 is 0.746 bits per heavy atom. The van der Waals surface area contributed by atoms with E-state index >= 15 is 0 Å². The number of rotatable bonds is 12. The molecule has 8 rings (SSSR count). The maximum atomic E-state index is 14.0. The van der Waals surface area contributed by atoms with Crippen molar-refractivity contribution in [2.45, 2.75) is 82.3 Å². The minimum atomic E-state index is -0.947. The first-order chi connectivity index (χ1) is 30.4. The number of nitrogens with zero attached hydrogens (tertiary/aromatic N) is 4. The van der Waals surface area contributed by atoms with Crippen LogP contribution in [0.2, 0.25) is 0 Å². The summed E-state index contributed by atoms with van der Waals surface area (Å²) < 4.78 is 26.7. The summed E-state index contributed by atoms with van der Waals surface area (Å²) in [5, 5.41) is 6.09. The number of H-pyrrole nitrogens is 1. The number of methoxy groups -OCH3 is 4. The van der Waals surface area contributed by atoms with Crippen LogP contribution in [0.3, 0.4) is 0 Å². The molecule has 17 heteroatoms. The average molecular weight is 862 g/mol. The molecule has 0 radical (unpaired) electrons. The van der Waals surface area contributed by atoms with Crippen LogP contribution < -0.4 is 16.1 Å². The van der Waals surface area contributed by atoms with Gasteiger partial charge in [-0.05, 0) is 98.7 Å². The molecule has 5 heterocycles. The number of likely N-dealkylation sites (tertiary alicyclic amines) is 2. The minimum Gasteiger partial charge on any atom is -0.456 e. The van der Waals surface area contributed by atoms with Crippen LogP contribution >= 0.6 is 0 Å². The molecular weight excluding hydrogens is 811 g/mol. The van der Waals surface area contributed by atoms with Gasteiger partial charge in [0.05, 0.1) is 66.9 Å². The van der Waals surface area contributed by atoms with Gasteiger partial charge >= 0.3 is 12.2 Å². The summed E-state index contributed by atoms with van der Waals surface area (Å²) in [6, 6.07) is 14.6. The zero-order valence-electron chi connectivity index (χ0n) is 36.1. The number of ether oxygens (including phenoxy) is 4. The number of aromatic amines is 1. The molecule has 330 valence electrons. The van der Waals surface area contributed by atoms with Gasteiger partial charge in [0.15, 0.2) is 0 Å². The maximum Gasteiger partial charge on any atom is 0.407 e. The molecule has 2 saturated heterocycles. The van der Waals surface area contributed by atoms with Crippen molar-refractivity contribution >= 4 is 57.3 Å². The molecule has 3 N–H and O–H groups in total. The second-order valence-corrected chi connectivity index (χ2v) is 16.1. The Balaban J connectivity index is 0.991. The van der Waals surface area contributed by atoms with Gasteiger partial charge in [-0.3, -0.25) is 19.4 Å². The van der Waals surface area contributed by atoms with E-state index in [4.69, 9.17) is 28.4 Å². The molecule has 0 spiro atoms. The number of benzene rings is 3. The van der Waals surface area contributed by atoms with Crippen LogP contribution in [0.25, 0.3) is 44.3 Å². The predicted molar refractivity (Wildman–Crippen MR) is 234 cm³/mol. The van der Waals surface area contributed by atoms with Gasteiger partial charge in [-0.2, -0.15) is 0 Å². The molecule has 6 atom stereocenters. The summed E-state index contributed by atoms with van der Waals surface area (Å²) in [6.07, 6.45) is 2.66. The van der Waals surface area contributed by atoms with Crippen LogP contribution in [-0.2, 0) is 35.0 Å². The highest BCUT2D eigenvalue weighted by Crippen LogP contribution is 2.37. The average Bonchev–Trinajstić information content (AvgIpc) is 4.15. The van der Waals surface area contributed by atoms with Crippen molar-refractivity contribution in [2.75, 3.05) is 41.5 Å². The van der Waals surface area contributed by atoms with Crippen LogP contribution in [-0.4, -0.2) is 121 Å². The molecule has 3 aliphatic rings. The number of amides is 4. The molecule has 0 bridgehead atoms. The number of imidazole rings is 1. The van der Waals surface area contributed by atoms with Gasteiger partial charge in [0.1, 0.15) is 29.1 Å². The van der Waals surface area contributed by atoms with Gasteiger partial charge in [0.25, 0.3) is 0 Å². The van der Waals surface area contributed by atoms with Crippen molar-refractivity contribution in [3.63, 3.8) is 0 Å². The van der Waals surface area contributed by atoms with Crippen LogP contribution in [0.1, 0.15) is 57.0 Å². The lowest BCUT2D eigenvalue weighted by Gasteiger charge is -2.31. The summed E-state index contributed by atoms with van der Waals surface area (Å²) in [6.45, 7) is 4.47. The van der Waals surface area contributed by atoms with Crippen LogP contribution in [0.4, 0.5) is 15.3 Å². The second kappa shape index (κ2) is 18.0. The molecule has 5 aromatic rings. The zero-order chi connectivity index (χ0) is 44.5. The monoisotopic (exact) mass is 861 g/mol. The number of hydrogen-bond acceptors (Lipinski definition) is 12. The van der Waals surface area contributed by atoms with Crippen LogP contribution in [0.15, 0.2) is 75.0 Å². The summed E-state index contributed by atoms with van der Waals surface area (Å²) >= 11 is 0. The second-order valence-electron chi connectivity index (χ2n) is 16.1. The van der Waals surface area contributed by atoms with Crippen molar-refractivity contribution in [3.8, 4) is 22.4 Å². The summed E-state index contributed by atoms with van der Waals surface area (Å²) in [4.78, 5) is 82.1. The third-order valence-electron chi connectivity index (χ3n) is 12.5. The minimum absolute atomic E-state index is 0.171. The number of fused-ring (bicyclic) bond motifs is 3. The van der Waals surface area contributed by atoms with E-state index in [0.717, 1.165) is 52.9 Å². The maximum absolute atomic E-state index is 14.0. The number of hydrogen-bond donors (Lipinski definition) is 3. The lowest BCUT2D eigenvalue weighted by atomic mass is 9.97. The molecular formula is C46H51N7O10. The molecule has 0 saturated carbocycles. The van der Waals surface area contributed by atoms with E-state index in [1.807, 2.05) is 30.3 Å². The Hall–Kier alpha value is -6.59. The Kier molecular flexibility index (Phi) is 12.3. The fraction of sp³-hybridized carbons (Fsp3) is 0.413. The zero-order valence-corrected chi connectivity index (χ0v) is 36.1. The van der Waals surface area contributed by atoms with Crippen molar-refractivity contribution in [1.82, 2.24) is 30.4 Å². The first-order valence-corrected chi connectivity index (χ1v) is 21.0. The molecule has 63 heavy (non-hydrogen) atoms. The Morgan fingerprint density at radius 3 is 2.00 bits per heavy atom. The topological polar surface area (TPSA) is 207 Å². The number of aliphatic imine (C=N–C) groups is 1.